The minimum atomic E-state index is 0.900. The molecule has 1 N–H and O–H groups in total. The van der Waals surface area contributed by atoms with E-state index in [-0.39, 0.29) is 0 Å². The molecule has 0 unspecified atom stereocenters. The first kappa shape index (κ1) is 14.1. The van der Waals surface area contributed by atoms with Gasteiger partial charge in [-0.05, 0) is 39.3 Å². The van der Waals surface area contributed by atoms with Crippen LogP contribution < -0.4 is 5.32 Å². The molecule has 0 rings (SSSR count). The first-order valence-electron chi connectivity index (χ1n) is 5.74. The van der Waals surface area contributed by atoms with E-state index in [1.54, 1.807) is 0 Å². The minimum Gasteiger partial charge on any atom is -0.316 e. The summed E-state index contributed by atoms with van der Waals surface area (Å²) in [4.78, 5) is 4.62. The molecule has 0 atom stereocenters. The summed E-state index contributed by atoms with van der Waals surface area (Å²) in [6.45, 7) is 9.27. The van der Waals surface area contributed by atoms with Gasteiger partial charge >= 0.3 is 0 Å². The highest BCUT2D eigenvalue weighted by Gasteiger charge is 2.03. The molecule has 2 heteroatoms. The largest absolute Gasteiger partial charge is 0.316 e. The van der Waals surface area contributed by atoms with Crippen LogP contribution in [0.15, 0.2) is 28.4 Å². The van der Waals surface area contributed by atoms with Crippen LogP contribution in [0, 0.1) is 0 Å². The number of likely N-dealkylation sites (N-methyl/N-ethyl adjacent to an activating group) is 1. The van der Waals surface area contributed by atoms with Crippen LogP contribution >= 0.6 is 0 Å². The number of allylic oxidation sites excluding steroid dienone is 3. The summed E-state index contributed by atoms with van der Waals surface area (Å²) in [5, 5.41) is 3.19. The van der Waals surface area contributed by atoms with Gasteiger partial charge in [0.05, 0.1) is 0 Å². The Bertz CT molecular complexity index is 260. The van der Waals surface area contributed by atoms with Gasteiger partial charge in [-0.25, -0.2) is 0 Å². The summed E-state index contributed by atoms with van der Waals surface area (Å²) in [6, 6.07) is 0. The second-order valence-electron chi connectivity index (χ2n) is 3.51. The van der Waals surface area contributed by atoms with Crippen molar-refractivity contribution in [2.75, 3.05) is 13.6 Å². The number of rotatable bonds is 6. The van der Waals surface area contributed by atoms with Gasteiger partial charge in [-0.2, -0.15) is 0 Å². The number of aliphatic imine (C=N–C) groups is 1. The van der Waals surface area contributed by atoms with Crippen LogP contribution in [-0.2, 0) is 0 Å². The fourth-order valence-corrected chi connectivity index (χ4v) is 1.38. The summed E-state index contributed by atoms with van der Waals surface area (Å²) in [6.07, 6.45) is 6.34. The van der Waals surface area contributed by atoms with Crippen LogP contribution in [0.1, 0.15) is 40.5 Å². The topological polar surface area (TPSA) is 24.4 Å². The molecule has 0 aliphatic heterocycles. The van der Waals surface area contributed by atoms with E-state index in [4.69, 9.17) is 0 Å². The number of hydrogen-bond acceptors (Lipinski definition) is 2. The zero-order valence-corrected chi connectivity index (χ0v) is 10.7. The van der Waals surface area contributed by atoms with Crippen LogP contribution in [-0.4, -0.2) is 19.3 Å². The lowest BCUT2D eigenvalue weighted by Crippen LogP contribution is -2.16. The Kier molecular flexibility index (Phi) is 7.92. The van der Waals surface area contributed by atoms with E-state index in [1.807, 2.05) is 27.0 Å². The van der Waals surface area contributed by atoms with Gasteiger partial charge in [0.1, 0.15) is 0 Å². The fraction of sp³-hybridized carbons (Fsp3) is 0.615. The lowest BCUT2D eigenvalue weighted by molar-refractivity contribution is 0.892. The molecule has 0 aromatic rings. The normalized spacial score (nSPS) is 14.6. The van der Waals surface area contributed by atoms with Gasteiger partial charge in [-0.1, -0.05) is 26.0 Å². The molecular weight excluding hydrogens is 184 g/mol. The zero-order valence-electron chi connectivity index (χ0n) is 10.7. The van der Waals surface area contributed by atoms with E-state index >= 15 is 0 Å². The molecular formula is C13H24N2. The molecule has 0 bridgehead atoms. The standard InChI is InChI=1S/C13H24N2/c1-6-9-12(10-14-5)13(8-3)15-11(4)7-2/h7,9,14H,6,8,10H2,1-5H3/b11-7?,12-9-,15-13?. The van der Waals surface area contributed by atoms with Gasteiger partial charge in [0.2, 0.25) is 0 Å². The summed E-state index contributed by atoms with van der Waals surface area (Å²) in [7, 11) is 1.97. The van der Waals surface area contributed by atoms with Crippen molar-refractivity contribution in [1.82, 2.24) is 5.32 Å². The monoisotopic (exact) mass is 208 g/mol. The van der Waals surface area contributed by atoms with Crippen molar-refractivity contribution in [2.45, 2.75) is 40.5 Å². The molecule has 0 heterocycles. The third kappa shape index (κ3) is 5.53. The van der Waals surface area contributed by atoms with Gasteiger partial charge < -0.3 is 5.32 Å². The average Bonchev–Trinajstić information content (AvgIpc) is 2.25. The molecule has 0 aromatic carbocycles. The maximum atomic E-state index is 4.62. The van der Waals surface area contributed by atoms with Gasteiger partial charge in [0.25, 0.3) is 0 Å². The van der Waals surface area contributed by atoms with Gasteiger partial charge in [0, 0.05) is 18.0 Å². The zero-order chi connectivity index (χ0) is 11.7. The Morgan fingerprint density at radius 3 is 2.40 bits per heavy atom. The van der Waals surface area contributed by atoms with Crippen molar-refractivity contribution in [2.24, 2.45) is 4.99 Å². The molecule has 0 saturated heterocycles. The van der Waals surface area contributed by atoms with Gasteiger partial charge in [-0.3, -0.25) is 4.99 Å². The number of nitrogens with one attached hydrogen (secondary N) is 1. The van der Waals surface area contributed by atoms with E-state index < -0.39 is 0 Å². The maximum Gasteiger partial charge on any atom is 0.0445 e. The Labute approximate surface area is 94.2 Å². The van der Waals surface area contributed by atoms with Crippen molar-refractivity contribution in [3.8, 4) is 0 Å². The molecule has 0 aliphatic carbocycles. The predicted molar refractivity (Wildman–Crippen MR) is 69.5 cm³/mol. The van der Waals surface area contributed by atoms with E-state index in [9.17, 15) is 0 Å². The second kappa shape index (κ2) is 8.42. The summed E-state index contributed by atoms with van der Waals surface area (Å²) < 4.78 is 0. The SMILES string of the molecule is CC=C(C)N=C(CC)/C(=C\CC)CNC. The molecule has 0 aliphatic rings. The van der Waals surface area contributed by atoms with Gasteiger partial charge in [-0.15, -0.1) is 0 Å². The Morgan fingerprint density at radius 2 is 2.00 bits per heavy atom. The summed E-state index contributed by atoms with van der Waals surface area (Å²) in [5.41, 5.74) is 3.61. The van der Waals surface area contributed by atoms with Crippen molar-refractivity contribution in [3.05, 3.63) is 23.4 Å². The van der Waals surface area contributed by atoms with E-state index in [1.165, 1.54) is 11.3 Å². The highest BCUT2D eigenvalue weighted by molar-refractivity contribution is 6.00. The minimum absolute atomic E-state index is 0.900. The summed E-state index contributed by atoms with van der Waals surface area (Å²) in [5.74, 6) is 0. The third-order valence-electron chi connectivity index (χ3n) is 2.25. The van der Waals surface area contributed by atoms with Gasteiger partial charge in [0.15, 0.2) is 0 Å². The molecule has 0 radical (unpaired) electrons. The number of nitrogens with zero attached hydrogens (tertiary/aromatic N) is 1. The molecule has 0 saturated carbocycles. The van der Waals surface area contributed by atoms with E-state index in [2.05, 4.69) is 30.2 Å². The van der Waals surface area contributed by atoms with Crippen molar-refractivity contribution >= 4 is 5.71 Å². The first-order chi connectivity index (χ1) is 7.19. The lowest BCUT2D eigenvalue weighted by Gasteiger charge is -2.09. The van der Waals surface area contributed by atoms with Crippen LogP contribution in [0.4, 0.5) is 0 Å². The number of hydrogen-bond donors (Lipinski definition) is 1. The van der Waals surface area contributed by atoms with Crippen molar-refractivity contribution < 1.29 is 0 Å². The maximum absolute atomic E-state index is 4.62. The van der Waals surface area contributed by atoms with Crippen LogP contribution in [0.5, 0.6) is 0 Å². The predicted octanol–water partition coefficient (Wildman–Crippen LogP) is 3.32. The molecule has 15 heavy (non-hydrogen) atoms. The molecule has 0 amide bonds. The highest BCUT2D eigenvalue weighted by Crippen LogP contribution is 2.07. The summed E-state index contributed by atoms with van der Waals surface area (Å²) >= 11 is 0. The third-order valence-corrected chi connectivity index (χ3v) is 2.25. The Morgan fingerprint density at radius 1 is 1.33 bits per heavy atom. The fourth-order valence-electron chi connectivity index (χ4n) is 1.38. The Balaban J connectivity index is 4.89. The van der Waals surface area contributed by atoms with Crippen molar-refractivity contribution in [3.63, 3.8) is 0 Å². The molecule has 2 nitrogen and oxygen atoms in total. The van der Waals surface area contributed by atoms with Crippen LogP contribution in [0.25, 0.3) is 0 Å². The second-order valence-corrected chi connectivity index (χ2v) is 3.51. The molecule has 0 spiro atoms. The van der Waals surface area contributed by atoms with E-state index in [0.717, 1.165) is 25.1 Å². The Hall–Kier alpha value is -0.890. The van der Waals surface area contributed by atoms with Crippen molar-refractivity contribution in [1.29, 1.82) is 0 Å². The highest BCUT2D eigenvalue weighted by atomic mass is 14.8. The van der Waals surface area contributed by atoms with E-state index in [0.29, 0.717) is 0 Å². The first-order valence-corrected chi connectivity index (χ1v) is 5.74. The smallest absolute Gasteiger partial charge is 0.0445 e. The molecule has 0 fully saturated rings. The molecule has 0 aromatic heterocycles. The van der Waals surface area contributed by atoms with Crippen LogP contribution in [0.2, 0.25) is 0 Å². The molecule has 86 valence electrons. The quantitative estimate of drug-likeness (QED) is 0.665. The average molecular weight is 208 g/mol. The lowest BCUT2D eigenvalue weighted by atomic mass is 10.1. The van der Waals surface area contributed by atoms with Crippen LogP contribution in [0.3, 0.4) is 0 Å².